The molecule has 2 N–H and O–H groups in total. The summed E-state index contributed by atoms with van der Waals surface area (Å²) in [6, 6.07) is 24.1. The first-order chi connectivity index (χ1) is 18.0. The van der Waals surface area contributed by atoms with E-state index in [0.29, 0.717) is 0 Å². The van der Waals surface area contributed by atoms with Crippen molar-refractivity contribution in [1.29, 1.82) is 0 Å². The molecule has 0 unspecified atom stereocenters. The average Bonchev–Trinajstić information content (AvgIpc) is 3.11. The molecule has 3 aromatic carbocycles. The molecule has 4 rings (SSSR count). The van der Waals surface area contributed by atoms with E-state index in [4.69, 9.17) is 5.73 Å². The van der Waals surface area contributed by atoms with Gasteiger partial charge in [-0.1, -0.05) is 125 Å². The summed E-state index contributed by atoms with van der Waals surface area (Å²) in [4.78, 5) is 0.171. The van der Waals surface area contributed by atoms with Gasteiger partial charge in [0, 0.05) is 10.9 Å². The molecule has 2 atom stereocenters. The molecule has 1 aliphatic rings. The molecule has 3 aromatic rings. The predicted molar refractivity (Wildman–Crippen MR) is 156 cm³/mol. The Bertz CT molecular complexity index is 1150. The molecular formula is C31H41ClN2O2RhS+. The second-order valence-electron chi connectivity index (χ2n) is 10.5. The van der Waals surface area contributed by atoms with E-state index in [1.54, 1.807) is 24.3 Å². The van der Waals surface area contributed by atoms with Gasteiger partial charge in [-0.2, -0.15) is 0 Å². The summed E-state index contributed by atoms with van der Waals surface area (Å²) < 4.78 is 29.9. The molecule has 0 bridgehead atoms. The Labute approximate surface area is 244 Å². The standard InChI is InChI=1S/C21H21N2O2S.C10H20.ClH.Rh/c1-16-12-14-19(15-13-16)26(24,25)23-21(18-10-6-3-7-11-18)20(22)17-8-4-2-5-9-17;1-6-7(2)9(4)10(5)8(6)3;;/h2-15,20-21H,22H2,1H3;6-10H,1-5H3;1H;/q-1;;;+3/p-1/t20-,21-;;;/m0.../s1. The maximum atomic E-state index is 12.8. The third-order valence-corrected chi connectivity index (χ3v) is 9.76. The summed E-state index contributed by atoms with van der Waals surface area (Å²) in [5.74, 6) is 4.68. The summed E-state index contributed by atoms with van der Waals surface area (Å²) in [5.41, 5.74) is 9.01. The molecule has 0 saturated heterocycles. The van der Waals surface area contributed by atoms with E-state index >= 15 is 0 Å². The number of halogens is 1. The Morgan fingerprint density at radius 1 is 0.684 bits per heavy atom. The SMILES string of the molecule is CC1C(C)C(C)C(C)C1C.Cc1ccc(S(=O)(=O)[N-][C@@H](c2ccccc2)[C@@H](N)c2ccccc2)cc1.[Cl][Rh+2]. The molecule has 38 heavy (non-hydrogen) atoms. The van der Waals surface area contributed by atoms with Gasteiger partial charge in [0.25, 0.3) is 0 Å². The molecule has 0 aliphatic heterocycles. The van der Waals surface area contributed by atoms with Crippen molar-refractivity contribution < 1.29 is 25.7 Å². The van der Waals surface area contributed by atoms with E-state index in [9.17, 15) is 8.42 Å². The van der Waals surface area contributed by atoms with Crippen LogP contribution in [0.15, 0.2) is 89.8 Å². The Hall–Kier alpha value is -1.56. The van der Waals surface area contributed by atoms with Gasteiger partial charge in [-0.05, 0) is 54.2 Å². The zero-order valence-corrected chi connectivity index (χ0v) is 26.3. The van der Waals surface area contributed by atoms with E-state index in [-0.39, 0.29) is 4.90 Å². The fourth-order valence-electron chi connectivity index (χ4n) is 5.16. The minimum atomic E-state index is -3.83. The predicted octanol–water partition coefficient (Wildman–Crippen LogP) is 8.37. The zero-order valence-electron chi connectivity index (χ0n) is 23.1. The number of benzene rings is 3. The van der Waals surface area contributed by atoms with Crippen LogP contribution >= 0.6 is 9.69 Å². The molecule has 1 aliphatic carbocycles. The second kappa shape index (κ2) is 15.3. The number of aryl methyl sites for hydroxylation is 1. The molecule has 0 radical (unpaired) electrons. The van der Waals surface area contributed by atoms with E-state index in [1.165, 1.54) is 0 Å². The Morgan fingerprint density at radius 2 is 1.05 bits per heavy atom. The van der Waals surface area contributed by atoms with Gasteiger partial charge >= 0.3 is 27.0 Å². The molecule has 0 spiro atoms. The van der Waals surface area contributed by atoms with Gasteiger partial charge < -0.3 is 10.5 Å². The Balaban J connectivity index is 0.000000353. The summed E-state index contributed by atoms with van der Waals surface area (Å²) in [6.45, 7) is 13.9. The van der Waals surface area contributed by atoms with Gasteiger partial charge in [0.1, 0.15) is 10.0 Å². The van der Waals surface area contributed by atoms with Crippen LogP contribution in [-0.4, -0.2) is 8.42 Å². The van der Waals surface area contributed by atoms with Crippen LogP contribution in [0.3, 0.4) is 0 Å². The Kier molecular flexibility index (Phi) is 13.1. The maximum absolute atomic E-state index is 12.8. The van der Waals surface area contributed by atoms with Gasteiger partial charge in [-0.3, -0.25) is 0 Å². The van der Waals surface area contributed by atoms with E-state index in [0.717, 1.165) is 46.3 Å². The van der Waals surface area contributed by atoms with Crippen LogP contribution < -0.4 is 5.73 Å². The normalized spacial score (nSPS) is 24.3. The summed E-state index contributed by atoms with van der Waals surface area (Å²) >= 11 is 2.02. The van der Waals surface area contributed by atoms with Crippen LogP contribution in [0.5, 0.6) is 0 Å². The topological polar surface area (TPSA) is 74.3 Å². The monoisotopic (exact) mass is 643 g/mol. The molecule has 0 aromatic heterocycles. The van der Waals surface area contributed by atoms with Crippen molar-refractivity contribution in [1.82, 2.24) is 0 Å². The van der Waals surface area contributed by atoms with Crippen molar-refractivity contribution in [3.8, 4) is 0 Å². The van der Waals surface area contributed by atoms with Crippen molar-refractivity contribution in [3.05, 3.63) is 106 Å². The van der Waals surface area contributed by atoms with Crippen molar-refractivity contribution in [2.45, 2.75) is 58.5 Å². The van der Waals surface area contributed by atoms with Gasteiger partial charge in [0.15, 0.2) is 0 Å². The Morgan fingerprint density at radius 3 is 1.45 bits per heavy atom. The molecule has 7 heteroatoms. The van der Waals surface area contributed by atoms with Crippen LogP contribution in [0.25, 0.3) is 4.72 Å². The number of sulfonamides is 1. The first-order valence-electron chi connectivity index (χ1n) is 13.0. The van der Waals surface area contributed by atoms with Gasteiger partial charge in [-0.15, -0.1) is 0 Å². The van der Waals surface area contributed by atoms with Gasteiger partial charge in [0.05, 0.1) is 0 Å². The van der Waals surface area contributed by atoms with Crippen molar-refractivity contribution in [2.24, 2.45) is 35.3 Å². The summed E-state index contributed by atoms with van der Waals surface area (Å²) in [5, 5.41) is 0. The third-order valence-electron chi connectivity index (χ3n) is 8.38. The van der Waals surface area contributed by atoms with Crippen LogP contribution in [0, 0.1) is 36.5 Å². The van der Waals surface area contributed by atoms with Gasteiger partial charge in [-0.25, -0.2) is 8.42 Å². The molecule has 1 saturated carbocycles. The minimum absolute atomic E-state index is 0.171. The number of hydrogen-bond donors (Lipinski definition) is 1. The quantitative estimate of drug-likeness (QED) is 0.274. The number of rotatable bonds is 6. The van der Waals surface area contributed by atoms with Gasteiger partial charge in [0.2, 0.25) is 0 Å². The summed E-state index contributed by atoms with van der Waals surface area (Å²) in [7, 11) is 0.696. The van der Waals surface area contributed by atoms with Crippen LogP contribution in [0.2, 0.25) is 0 Å². The first kappa shape index (κ1) is 32.7. The van der Waals surface area contributed by atoms with E-state index < -0.39 is 22.1 Å². The zero-order chi connectivity index (χ0) is 28.5. The third kappa shape index (κ3) is 8.47. The molecule has 4 nitrogen and oxygen atoms in total. The number of hydrogen-bond acceptors (Lipinski definition) is 3. The van der Waals surface area contributed by atoms with Crippen molar-refractivity contribution in [3.63, 3.8) is 0 Å². The van der Waals surface area contributed by atoms with E-state index in [2.05, 4.69) is 49.0 Å². The fourth-order valence-corrected chi connectivity index (χ4v) is 6.31. The first-order valence-corrected chi connectivity index (χ1v) is 16.6. The average molecular weight is 644 g/mol. The molecule has 208 valence electrons. The van der Waals surface area contributed by atoms with Crippen LogP contribution in [-0.2, 0) is 27.3 Å². The van der Waals surface area contributed by atoms with Crippen LogP contribution in [0.4, 0.5) is 0 Å². The number of nitrogens with zero attached hydrogens (tertiary/aromatic N) is 1. The molecule has 0 amide bonds. The van der Waals surface area contributed by atoms with Crippen molar-refractivity contribution >= 4 is 19.7 Å². The summed E-state index contributed by atoms with van der Waals surface area (Å²) in [6.07, 6.45) is 0. The second-order valence-corrected chi connectivity index (χ2v) is 12.1. The molecule has 1 fully saturated rings. The fraction of sp³-hybridized carbons (Fsp3) is 0.419. The van der Waals surface area contributed by atoms with E-state index in [1.807, 2.05) is 84.9 Å². The molecular weight excluding hydrogens is 603 g/mol. The van der Waals surface area contributed by atoms with Crippen LogP contribution in [0.1, 0.15) is 63.4 Å². The number of nitrogens with two attached hydrogens (primary N) is 1. The molecule has 0 heterocycles. The van der Waals surface area contributed by atoms with Crippen molar-refractivity contribution in [2.75, 3.05) is 0 Å².